The third kappa shape index (κ3) is 3.16. The van der Waals surface area contributed by atoms with Gasteiger partial charge in [-0.1, -0.05) is 6.42 Å². The summed E-state index contributed by atoms with van der Waals surface area (Å²) in [5.41, 5.74) is -0.504. The second kappa shape index (κ2) is 6.89. The highest BCUT2D eigenvalue weighted by molar-refractivity contribution is 14.1. The smallest absolute Gasteiger partial charge is 0.326 e. The monoisotopic (exact) mass is 391 g/mol. The molecule has 6 heteroatoms. The lowest BCUT2D eigenvalue weighted by atomic mass is 9.84. The van der Waals surface area contributed by atoms with Gasteiger partial charge >= 0.3 is 5.97 Å². The predicted octanol–water partition coefficient (Wildman–Crippen LogP) is 2.20. The van der Waals surface area contributed by atoms with E-state index in [4.69, 9.17) is 4.74 Å². The van der Waals surface area contributed by atoms with Crippen molar-refractivity contribution in [3.05, 3.63) is 16.0 Å². The van der Waals surface area contributed by atoms with Gasteiger partial charge in [0.15, 0.2) is 0 Å². The third-order valence-corrected chi connectivity index (χ3v) is 4.77. The number of ether oxygens (including phenoxy) is 1. The van der Waals surface area contributed by atoms with E-state index < -0.39 is 5.54 Å². The van der Waals surface area contributed by atoms with Crippen molar-refractivity contribution in [1.29, 1.82) is 0 Å². The van der Waals surface area contributed by atoms with Gasteiger partial charge in [-0.3, -0.25) is 9.48 Å². The zero-order chi connectivity index (χ0) is 14.6. The summed E-state index contributed by atoms with van der Waals surface area (Å²) in [6, 6.07) is 0. The van der Waals surface area contributed by atoms with Crippen LogP contribution in [0.2, 0.25) is 0 Å². The largest absolute Gasteiger partial charge is 0.465 e. The lowest BCUT2D eigenvalue weighted by molar-refractivity contribution is -0.153. The number of esters is 1. The van der Waals surface area contributed by atoms with Gasteiger partial charge in [0.05, 0.1) is 16.4 Å². The second-order valence-electron chi connectivity index (χ2n) is 5.24. The van der Waals surface area contributed by atoms with Gasteiger partial charge in [0.25, 0.3) is 0 Å². The van der Waals surface area contributed by atoms with Gasteiger partial charge in [-0.2, -0.15) is 5.10 Å². The average molecular weight is 391 g/mol. The first-order valence-corrected chi connectivity index (χ1v) is 8.24. The van der Waals surface area contributed by atoms with Gasteiger partial charge in [-0.15, -0.1) is 0 Å². The highest BCUT2D eigenvalue weighted by atomic mass is 127. The number of rotatable bonds is 6. The first-order chi connectivity index (χ1) is 9.62. The Bertz CT molecular complexity index is 463. The Labute approximate surface area is 133 Å². The fourth-order valence-electron chi connectivity index (χ4n) is 3.18. The molecule has 1 heterocycles. The predicted molar refractivity (Wildman–Crippen MR) is 85.3 cm³/mol. The minimum atomic E-state index is -0.504. The molecule has 1 aliphatic rings. The van der Waals surface area contributed by atoms with Crippen molar-refractivity contribution in [1.82, 2.24) is 15.1 Å². The Morgan fingerprint density at radius 1 is 1.70 bits per heavy atom. The maximum Gasteiger partial charge on any atom is 0.326 e. The summed E-state index contributed by atoms with van der Waals surface area (Å²) in [5.74, 6) is 0.216. The molecule has 20 heavy (non-hydrogen) atoms. The van der Waals surface area contributed by atoms with Crippen molar-refractivity contribution in [2.45, 2.75) is 44.7 Å². The first kappa shape index (κ1) is 15.8. The van der Waals surface area contributed by atoms with Crippen LogP contribution in [0.1, 0.15) is 32.6 Å². The number of halogens is 1. The number of aryl methyl sites for hydroxylation is 1. The summed E-state index contributed by atoms with van der Waals surface area (Å²) in [7, 11) is 1.87. The number of nitrogens with one attached hydrogen (secondary N) is 1. The molecule has 0 amide bonds. The molecule has 1 aromatic rings. The zero-order valence-electron chi connectivity index (χ0n) is 12.1. The average Bonchev–Trinajstić information content (AvgIpc) is 3.03. The van der Waals surface area contributed by atoms with Crippen LogP contribution in [-0.4, -0.2) is 34.9 Å². The third-order valence-electron chi connectivity index (χ3n) is 4.21. The zero-order valence-corrected chi connectivity index (χ0v) is 14.2. The highest BCUT2D eigenvalue weighted by Gasteiger charge is 2.48. The molecular weight excluding hydrogens is 369 g/mol. The van der Waals surface area contributed by atoms with Crippen LogP contribution in [0.4, 0.5) is 0 Å². The van der Waals surface area contributed by atoms with Crippen LogP contribution < -0.4 is 5.32 Å². The van der Waals surface area contributed by atoms with Crippen LogP contribution in [0.25, 0.3) is 0 Å². The van der Waals surface area contributed by atoms with Gasteiger partial charge < -0.3 is 10.1 Å². The molecule has 1 aromatic heterocycles. The van der Waals surface area contributed by atoms with E-state index >= 15 is 0 Å². The summed E-state index contributed by atoms with van der Waals surface area (Å²) in [4.78, 5) is 12.3. The number of aromatic nitrogens is 2. The lowest BCUT2D eigenvalue weighted by Gasteiger charge is -2.32. The standard InChI is InChI=1S/C14H22IN3O2/c1-3-20-13(19)14(16-2)7-4-5-11(14)6-8-18-10-12(15)9-17-18/h9-11,16H,3-8H2,1-2H3. The van der Waals surface area contributed by atoms with Crippen molar-refractivity contribution in [2.24, 2.45) is 5.92 Å². The molecule has 1 N–H and O–H groups in total. The molecule has 0 bridgehead atoms. The minimum Gasteiger partial charge on any atom is -0.465 e. The summed E-state index contributed by atoms with van der Waals surface area (Å²) < 4.78 is 8.37. The van der Waals surface area contributed by atoms with Gasteiger partial charge in [-0.25, -0.2) is 0 Å². The molecule has 0 aliphatic heterocycles. The topological polar surface area (TPSA) is 56.1 Å². The van der Waals surface area contributed by atoms with Crippen LogP contribution in [-0.2, 0) is 16.1 Å². The molecule has 1 aliphatic carbocycles. The van der Waals surface area contributed by atoms with Gasteiger partial charge in [0.2, 0.25) is 0 Å². The van der Waals surface area contributed by atoms with Crippen LogP contribution in [0, 0.1) is 9.49 Å². The molecule has 1 saturated carbocycles. The van der Waals surface area contributed by atoms with Gasteiger partial charge in [0, 0.05) is 12.7 Å². The first-order valence-electron chi connectivity index (χ1n) is 7.16. The maximum atomic E-state index is 12.3. The molecule has 2 rings (SSSR count). The summed E-state index contributed by atoms with van der Waals surface area (Å²) >= 11 is 2.25. The Morgan fingerprint density at radius 3 is 3.10 bits per heavy atom. The Kier molecular flexibility index (Phi) is 5.42. The molecule has 2 unspecified atom stereocenters. The molecule has 112 valence electrons. The van der Waals surface area contributed by atoms with E-state index in [1.165, 1.54) is 0 Å². The SMILES string of the molecule is CCOC(=O)C1(NC)CCCC1CCn1cc(I)cn1. The Balaban J connectivity index is 2.03. The van der Waals surface area contributed by atoms with Crippen molar-refractivity contribution >= 4 is 28.6 Å². The molecule has 0 aromatic carbocycles. The minimum absolute atomic E-state index is 0.0972. The Morgan fingerprint density at radius 2 is 2.50 bits per heavy atom. The highest BCUT2D eigenvalue weighted by Crippen LogP contribution is 2.39. The fourth-order valence-corrected chi connectivity index (χ4v) is 3.62. The van der Waals surface area contributed by atoms with E-state index in [-0.39, 0.29) is 5.97 Å². The van der Waals surface area contributed by atoms with E-state index in [0.29, 0.717) is 12.5 Å². The van der Waals surface area contributed by atoms with E-state index in [9.17, 15) is 4.79 Å². The maximum absolute atomic E-state index is 12.3. The van der Waals surface area contributed by atoms with E-state index in [1.807, 2.05) is 31.0 Å². The quantitative estimate of drug-likeness (QED) is 0.597. The number of nitrogens with zero attached hydrogens (tertiary/aromatic N) is 2. The van der Waals surface area contributed by atoms with Crippen LogP contribution >= 0.6 is 22.6 Å². The van der Waals surface area contributed by atoms with Crippen LogP contribution in [0.3, 0.4) is 0 Å². The second-order valence-corrected chi connectivity index (χ2v) is 6.49. The molecule has 5 nitrogen and oxygen atoms in total. The van der Waals surface area contributed by atoms with Gasteiger partial charge in [-0.05, 0) is 61.7 Å². The normalized spacial score (nSPS) is 25.9. The number of hydrogen-bond donors (Lipinski definition) is 1. The molecular formula is C14H22IN3O2. The molecule has 0 radical (unpaired) electrons. The van der Waals surface area contributed by atoms with Crippen molar-refractivity contribution in [3.8, 4) is 0 Å². The molecule has 0 saturated heterocycles. The summed E-state index contributed by atoms with van der Waals surface area (Å²) in [6.45, 7) is 3.14. The van der Waals surface area contributed by atoms with E-state index in [1.54, 1.807) is 0 Å². The van der Waals surface area contributed by atoms with E-state index in [2.05, 4.69) is 33.0 Å². The Hall–Kier alpha value is -0.630. The van der Waals surface area contributed by atoms with E-state index in [0.717, 1.165) is 35.8 Å². The number of carbonyl (C=O) groups excluding carboxylic acids is 1. The van der Waals surface area contributed by atoms with Gasteiger partial charge in [0.1, 0.15) is 5.54 Å². The fraction of sp³-hybridized carbons (Fsp3) is 0.714. The number of carbonyl (C=O) groups is 1. The summed E-state index contributed by atoms with van der Waals surface area (Å²) in [5, 5.41) is 7.55. The number of hydrogen-bond acceptors (Lipinski definition) is 4. The lowest BCUT2D eigenvalue weighted by Crippen LogP contribution is -2.54. The molecule has 1 fully saturated rings. The van der Waals surface area contributed by atoms with Crippen molar-refractivity contribution in [3.63, 3.8) is 0 Å². The van der Waals surface area contributed by atoms with Crippen LogP contribution in [0.15, 0.2) is 12.4 Å². The van der Waals surface area contributed by atoms with Crippen LogP contribution in [0.5, 0.6) is 0 Å². The molecule has 0 spiro atoms. The number of likely N-dealkylation sites (N-methyl/N-ethyl adjacent to an activating group) is 1. The summed E-state index contributed by atoms with van der Waals surface area (Å²) in [6.07, 6.45) is 7.83. The molecule has 2 atom stereocenters. The van der Waals surface area contributed by atoms with Crippen molar-refractivity contribution in [2.75, 3.05) is 13.7 Å². The van der Waals surface area contributed by atoms with Crippen molar-refractivity contribution < 1.29 is 9.53 Å².